The van der Waals surface area contributed by atoms with Gasteiger partial charge in [-0.05, 0) is 49.3 Å². The molecular formula is C17H24FNO2. The topological polar surface area (TPSA) is 49.3 Å². The Kier molecular flexibility index (Phi) is 4.38. The van der Waals surface area contributed by atoms with E-state index in [4.69, 9.17) is 0 Å². The molecule has 2 rings (SSSR count). The van der Waals surface area contributed by atoms with Crippen LogP contribution in [-0.2, 0) is 10.2 Å². The van der Waals surface area contributed by atoms with Crippen LogP contribution < -0.4 is 5.32 Å². The lowest BCUT2D eigenvalue weighted by atomic mass is 9.86. The van der Waals surface area contributed by atoms with Crippen LogP contribution in [0.15, 0.2) is 24.3 Å². The lowest BCUT2D eigenvalue weighted by molar-refractivity contribution is -0.124. The minimum atomic E-state index is -0.553. The van der Waals surface area contributed by atoms with Crippen molar-refractivity contribution in [3.63, 3.8) is 0 Å². The van der Waals surface area contributed by atoms with E-state index in [1.165, 1.54) is 12.1 Å². The van der Waals surface area contributed by atoms with Gasteiger partial charge in [-0.2, -0.15) is 0 Å². The summed E-state index contributed by atoms with van der Waals surface area (Å²) in [5, 5.41) is 12.5. The highest BCUT2D eigenvalue weighted by atomic mass is 19.1. The summed E-state index contributed by atoms with van der Waals surface area (Å²) >= 11 is 0. The first-order valence-electron chi connectivity index (χ1n) is 7.48. The second-order valence-corrected chi connectivity index (χ2v) is 6.99. The van der Waals surface area contributed by atoms with Crippen molar-refractivity contribution >= 4 is 5.91 Å². The van der Waals surface area contributed by atoms with E-state index in [1.807, 2.05) is 19.9 Å². The van der Waals surface area contributed by atoms with Crippen LogP contribution in [0.25, 0.3) is 0 Å². The molecule has 0 heterocycles. The number of carbonyl (C=O) groups is 1. The molecule has 116 valence electrons. The average Bonchev–Trinajstić information content (AvgIpc) is 3.16. The van der Waals surface area contributed by atoms with Gasteiger partial charge in [0, 0.05) is 6.54 Å². The van der Waals surface area contributed by atoms with Crippen molar-refractivity contribution in [3.05, 3.63) is 35.6 Å². The van der Waals surface area contributed by atoms with E-state index >= 15 is 0 Å². The summed E-state index contributed by atoms with van der Waals surface area (Å²) in [7, 11) is 0. The smallest absolute Gasteiger partial charge is 0.230 e. The molecule has 2 N–H and O–H groups in total. The zero-order valence-electron chi connectivity index (χ0n) is 12.9. The Morgan fingerprint density at radius 1 is 1.48 bits per heavy atom. The molecule has 1 fully saturated rings. The Morgan fingerprint density at radius 2 is 2.14 bits per heavy atom. The number of halogens is 1. The predicted octanol–water partition coefficient (Wildman–Crippen LogP) is 2.77. The molecule has 0 spiro atoms. The second kappa shape index (κ2) is 5.76. The Morgan fingerprint density at radius 3 is 2.67 bits per heavy atom. The standard InChI is InChI=1S/C17H24FNO2/c1-12(20)10-16(2,3)11-19-15(21)17(7-8-17)13-5-4-6-14(18)9-13/h4-6,9,12,20H,7-8,10-11H2,1-3H3,(H,19,21). The van der Waals surface area contributed by atoms with E-state index in [0.717, 1.165) is 18.4 Å². The number of rotatable bonds is 6. The Hall–Kier alpha value is -1.42. The van der Waals surface area contributed by atoms with Crippen LogP contribution in [0.4, 0.5) is 4.39 Å². The molecule has 1 aromatic rings. The second-order valence-electron chi connectivity index (χ2n) is 6.99. The van der Waals surface area contributed by atoms with Crippen LogP contribution in [0.5, 0.6) is 0 Å². The van der Waals surface area contributed by atoms with E-state index in [9.17, 15) is 14.3 Å². The molecule has 1 unspecified atom stereocenters. The van der Waals surface area contributed by atoms with Gasteiger partial charge in [-0.1, -0.05) is 26.0 Å². The summed E-state index contributed by atoms with van der Waals surface area (Å²) in [5.41, 5.74) is 0.0403. The van der Waals surface area contributed by atoms with E-state index in [-0.39, 0.29) is 17.1 Å². The van der Waals surface area contributed by atoms with Gasteiger partial charge >= 0.3 is 0 Å². The van der Waals surface area contributed by atoms with Gasteiger partial charge in [-0.3, -0.25) is 4.79 Å². The van der Waals surface area contributed by atoms with Crippen molar-refractivity contribution in [2.75, 3.05) is 6.54 Å². The van der Waals surface area contributed by atoms with E-state index in [2.05, 4.69) is 5.32 Å². The van der Waals surface area contributed by atoms with Gasteiger partial charge in [-0.15, -0.1) is 0 Å². The van der Waals surface area contributed by atoms with Crippen LogP contribution in [-0.4, -0.2) is 23.7 Å². The molecule has 1 atom stereocenters. The monoisotopic (exact) mass is 293 g/mol. The van der Waals surface area contributed by atoms with Gasteiger partial charge in [0.05, 0.1) is 11.5 Å². The largest absolute Gasteiger partial charge is 0.393 e. The maximum atomic E-state index is 13.3. The fourth-order valence-electron chi connectivity index (χ4n) is 2.92. The third kappa shape index (κ3) is 3.82. The van der Waals surface area contributed by atoms with Crippen molar-refractivity contribution in [2.45, 2.75) is 51.6 Å². The average molecular weight is 293 g/mol. The number of aliphatic hydroxyl groups excluding tert-OH is 1. The first-order valence-corrected chi connectivity index (χ1v) is 7.48. The molecule has 1 saturated carbocycles. The highest BCUT2D eigenvalue weighted by Crippen LogP contribution is 2.48. The highest BCUT2D eigenvalue weighted by molar-refractivity contribution is 5.91. The Balaban J connectivity index is 2.01. The van der Waals surface area contributed by atoms with Gasteiger partial charge < -0.3 is 10.4 Å². The number of hydrogen-bond acceptors (Lipinski definition) is 2. The van der Waals surface area contributed by atoms with Crippen molar-refractivity contribution in [2.24, 2.45) is 5.41 Å². The maximum absolute atomic E-state index is 13.3. The van der Waals surface area contributed by atoms with Crippen molar-refractivity contribution < 1.29 is 14.3 Å². The zero-order chi connectivity index (χ0) is 15.7. The van der Waals surface area contributed by atoms with Crippen LogP contribution in [0.2, 0.25) is 0 Å². The molecule has 3 nitrogen and oxygen atoms in total. The number of carbonyl (C=O) groups excluding carboxylic acids is 1. The van der Waals surface area contributed by atoms with E-state index in [0.29, 0.717) is 13.0 Å². The summed E-state index contributed by atoms with van der Waals surface area (Å²) in [6.45, 7) is 6.29. The molecule has 1 aliphatic rings. The molecule has 4 heteroatoms. The van der Waals surface area contributed by atoms with Crippen LogP contribution in [0, 0.1) is 11.2 Å². The van der Waals surface area contributed by atoms with Crippen molar-refractivity contribution in [1.82, 2.24) is 5.32 Å². The summed E-state index contributed by atoms with van der Waals surface area (Å²) < 4.78 is 13.3. The first-order chi connectivity index (χ1) is 9.75. The van der Waals surface area contributed by atoms with Crippen LogP contribution >= 0.6 is 0 Å². The summed E-state index contributed by atoms with van der Waals surface area (Å²) in [6, 6.07) is 6.31. The van der Waals surface area contributed by atoms with E-state index in [1.54, 1.807) is 13.0 Å². The van der Waals surface area contributed by atoms with Gasteiger partial charge in [-0.25, -0.2) is 4.39 Å². The molecular weight excluding hydrogens is 269 g/mol. The lowest BCUT2D eigenvalue weighted by Gasteiger charge is -2.27. The third-order valence-electron chi connectivity index (χ3n) is 4.14. The van der Waals surface area contributed by atoms with Gasteiger partial charge in [0.25, 0.3) is 0 Å². The number of aliphatic hydroxyl groups is 1. The molecule has 0 aromatic heterocycles. The number of amides is 1. The fourth-order valence-corrected chi connectivity index (χ4v) is 2.92. The molecule has 0 aliphatic heterocycles. The normalized spacial score (nSPS) is 18.1. The van der Waals surface area contributed by atoms with Gasteiger partial charge in [0.2, 0.25) is 5.91 Å². The first kappa shape index (κ1) is 16.0. The number of benzene rings is 1. The summed E-state index contributed by atoms with van der Waals surface area (Å²) in [5.74, 6) is -0.340. The van der Waals surface area contributed by atoms with Crippen molar-refractivity contribution in [1.29, 1.82) is 0 Å². The zero-order valence-corrected chi connectivity index (χ0v) is 12.9. The number of hydrogen-bond donors (Lipinski definition) is 2. The Bertz CT molecular complexity index is 521. The molecule has 1 aromatic carbocycles. The summed E-state index contributed by atoms with van der Waals surface area (Å²) in [6.07, 6.45) is 1.76. The quantitative estimate of drug-likeness (QED) is 0.847. The maximum Gasteiger partial charge on any atom is 0.230 e. The van der Waals surface area contributed by atoms with Crippen molar-refractivity contribution in [3.8, 4) is 0 Å². The van der Waals surface area contributed by atoms with Crippen LogP contribution in [0.1, 0.15) is 45.6 Å². The minimum absolute atomic E-state index is 0.0354. The van der Waals surface area contributed by atoms with Gasteiger partial charge in [0.1, 0.15) is 5.82 Å². The Labute approximate surface area is 125 Å². The molecule has 0 saturated heterocycles. The highest BCUT2D eigenvalue weighted by Gasteiger charge is 2.51. The summed E-state index contributed by atoms with van der Waals surface area (Å²) in [4.78, 5) is 12.5. The molecule has 1 amide bonds. The fraction of sp³-hybridized carbons (Fsp3) is 0.588. The minimum Gasteiger partial charge on any atom is -0.393 e. The molecule has 0 radical (unpaired) electrons. The van der Waals surface area contributed by atoms with E-state index < -0.39 is 11.5 Å². The number of nitrogens with one attached hydrogen (secondary N) is 1. The molecule has 0 bridgehead atoms. The van der Waals surface area contributed by atoms with Gasteiger partial charge in [0.15, 0.2) is 0 Å². The van der Waals surface area contributed by atoms with Crippen LogP contribution in [0.3, 0.4) is 0 Å². The lowest BCUT2D eigenvalue weighted by Crippen LogP contribution is -2.41. The molecule has 21 heavy (non-hydrogen) atoms. The predicted molar refractivity (Wildman–Crippen MR) is 80.4 cm³/mol. The molecule has 1 aliphatic carbocycles. The SMILES string of the molecule is CC(O)CC(C)(C)CNC(=O)C1(c2cccc(F)c2)CC1. The third-order valence-corrected chi connectivity index (χ3v) is 4.14.